The Morgan fingerprint density at radius 1 is 1.06 bits per heavy atom. The first-order valence-corrected chi connectivity index (χ1v) is 10.2. The highest BCUT2D eigenvalue weighted by molar-refractivity contribution is 5.86. The van der Waals surface area contributed by atoms with Crippen LogP contribution >= 0.6 is 0 Å². The van der Waals surface area contributed by atoms with Crippen molar-refractivity contribution in [3.8, 4) is 22.9 Å². The highest BCUT2D eigenvalue weighted by atomic mass is 16.6. The average molecular weight is 434 g/mol. The Hall–Kier alpha value is -4.01. The quantitative estimate of drug-likeness (QED) is 0.400. The molecule has 164 valence electrons. The third-order valence-electron chi connectivity index (χ3n) is 5.46. The molecule has 1 heterocycles. The standard InChI is InChI=1S/C23H22N4O5/c1-23(11-2-12-23)15-31-21-24-13-17(14-25-21)16-3-5-18(6-4-16)26-22(28)32-20-9-7-19(8-10-20)27(29)30/h3-10,13-14H,2,11-12,15H2,1H3,(H,26,28). The molecule has 1 amide bonds. The van der Waals surface area contributed by atoms with E-state index < -0.39 is 11.0 Å². The number of hydrogen-bond donors (Lipinski definition) is 1. The number of hydrogen-bond acceptors (Lipinski definition) is 7. The molecule has 32 heavy (non-hydrogen) atoms. The summed E-state index contributed by atoms with van der Waals surface area (Å²) in [7, 11) is 0. The van der Waals surface area contributed by atoms with Crippen LogP contribution in [0, 0.1) is 15.5 Å². The van der Waals surface area contributed by atoms with Crippen molar-refractivity contribution in [3.05, 3.63) is 71.0 Å². The van der Waals surface area contributed by atoms with E-state index >= 15 is 0 Å². The van der Waals surface area contributed by atoms with Gasteiger partial charge in [0.15, 0.2) is 0 Å². The van der Waals surface area contributed by atoms with E-state index in [2.05, 4.69) is 22.2 Å². The lowest BCUT2D eigenvalue weighted by molar-refractivity contribution is -0.384. The van der Waals surface area contributed by atoms with E-state index in [1.54, 1.807) is 24.5 Å². The summed E-state index contributed by atoms with van der Waals surface area (Å²) in [5.41, 5.74) is 2.41. The molecule has 0 unspecified atom stereocenters. The van der Waals surface area contributed by atoms with Crippen LogP contribution in [0.15, 0.2) is 60.9 Å². The van der Waals surface area contributed by atoms with Crippen molar-refractivity contribution in [2.45, 2.75) is 26.2 Å². The molecule has 0 aliphatic heterocycles. The first-order valence-electron chi connectivity index (χ1n) is 10.2. The fourth-order valence-electron chi connectivity index (χ4n) is 3.34. The van der Waals surface area contributed by atoms with Crippen molar-refractivity contribution < 1.29 is 19.2 Å². The van der Waals surface area contributed by atoms with Crippen molar-refractivity contribution in [1.82, 2.24) is 9.97 Å². The molecule has 2 aromatic carbocycles. The van der Waals surface area contributed by atoms with E-state index in [-0.39, 0.29) is 16.9 Å². The van der Waals surface area contributed by atoms with Crippen molar-refractivity contribution in [2.75, 3.05) is 11.9 Å². The van der Waals surface area contributed by atoms with Crippen molar-refractivity contribution in [2.24, 2.45) is 5.41 Å². The Morgan fingerprint density at radius 3 is 2.28 bits per heavy atom. The van der Waals surface area contributed by atoms with E-state index in [0.717, 1.165) is 11.1 Å². The minimum atomic E-state index is -0.698. The minimum absolute atomic E-state index is 0.0791. The van der Waals surface area contributed by atoms with E-state index in [4.69, 9.17) is 9.47 Å². The second-order valence-corrected chi connectivity index (χ2v) is 8.05. The third-order valence-corrected chi connectivity index (χ3v) is 5.46. The number of amides is 1. The van der Waals surface area contributed by atoms with Gasteiger partial charge in [0.25, 0.3) is 5.69 Å². The van der Waals surface area contributed by atoms with Crippen LogP contribution in [-0.4, -0.2) is 27.6 Å². The Morgan fingerprint density at radius 2 is 1.72 bits per heavy atom. The normalized spacial score (nSPS) is 14.2. The van der Waals surface area contributed by atoms with Gasteiger partial charge >= 0.3 is 12.1 Å². The number of carbonyl (C=O) groups excluding carboxylic acids is 1. The van der Waals surface area contributed by atoms with Gasteiger partial charge in [-0.1, -0.05) is 25.5 Å². The summed E-state index contributed by atoms with van der Waals surface area (Å²) in [5.74, 6) is 0.204. The second kappa shape index (κ2) is 9.01. The minimum Gasteiger partial charge on any atom is -0.463 e. The maximum atomic E-state index is 12.0. The van der Waals surface area contributed by atoms with E-state index in [9.17, 15) is 14.9 Å². The first kappa shape index (κ1) is 21.2. The summed E-state index contributed by atoms with van der Waals surface area (Å²) >= 11 is 0. The maximum Gasteiger partial charge on any atom is 0.417 e. The number of benzene rings is 2. The molecule has 0 saturated heterocycles. The predicted molar refractivity (Wildman–Crippen MR) is 118 cm³/mol. The Bertz CT molecular complexity index is 1090. The molecular formula is C23H22N4O5. The van der Waals surface area contributed by atoms with Gasteiger partial charge in [0, 0.05) is 41.2 Å². The molecule has 0 radical (unpaired) electrons. The number of nitrogens with zero attached hydrogens (tertiary/aromatic N) is 3. The number of aromatic nitrogens is 2. The molecule has 1 saturated carbocycles. The van der Waals surface area contributed by atoms with Crippen LogP contribution in [0.25, 0.3) is 11.1 Å². The number of nitro benzene ring substituents is 1. The van der Waals surface area contributed by atoms with Crippen LogP contribution in [0.3, 0.4) is 0 Å². The highest BCUT2D eigenvalue weighted by Crippen LogP contribution is 2.40. The summed E-state index contributed by atoms with van der Waals surface area (Å²) in [6, 6.07) is 12.7. The molecule has 9 heteroatoms. The molecule has 9 nitrogen and oxygen atoms in total. The lowest BCUT2D eigenvalue weighted by atomic mass is 9.71. The first-order chi connectivity index (χ1) is 15.4. The lowest BCUT2D eigenvalue weighted by Gasteiger charge is -2.37. The zero-order valence-electron chi connectivity index (χ0n) is 17.5. The van der Waals surface area contributed by atoms with Crippen LogP contribution in [0.5, 0.6) is 11.8 Å². The van der Waals surface area contributed by atoms with Crippen LogP contribution in [0.1, 0.15) is 26.2 Å². The van der Waals surface area contributed by atoms with Gasteiger partial charge in [-0.25, -0.2) is 14.8 Å². The van der Waals surface area contributed by atoms with Crippen molar-refractivity contribution in [3.63, 3.8) is 0 Å². The third kappa shape index (κ3) is 5.18. The van der Waals surface area contributed by atoms with Gasteiger partial charge in [0.2, 0.25) is 0 Å². The summed E-state index contributed by atoms with van der Waals surface area (Å²) in [6.45, 7) is 2.84. The number of anilines is 1. The van der Waals surface area contributed by atoms with Gasteiger partial charge in [-0.15, -0.1) is 0 Å². The highest BCUT2D eigenvalue weighted by Gasteiger charge is 2.32. The summed E-state index contributed by atoms with van der Waals surface area (Å²) in [6.07, 6.45) is 6.31. The fraction of sp³-hybridized carbons (Fsp3) is 0.261. The van der Waals surface area contributed by atoms with Gasteiger partial charge in [-0.05, 0) is 42.7 Å². The number of nitrogens with one attached hydrogen (secondary N) is 1. The molecule has 0 spiro atoms. The Balaban J connectivity index is 1.31. The second-order valence-electron chi connectivity index (χ2n) is 8.05. The summed E-state index contributed by atoms with van der Waals surface area (Å²) in [5, 5.41) is 13.3. The van der Waals surface area contributed by atoms with Crippen molar-refractivity contribution >= 4 is 17.5 Å². The average Bonchev–Trinajstić information content (AvgIpc) is 2.77. The van der Waals surface area contributed by atoms with Crippen LogP contribution < -0.4 is 14.8 Å². The van der Waals surface area contributed by atoms with Crippen molar-refractivity contribution in [1.29, 1.82) is 0 Å². The topological polar surface area (TPSA) is 116 Å². The Kier molecular flexibility index (Phi) is 5.98. The fourth-order valence-corrected chi connectivity index (χ4v) is 3.34. The van der Waals surface area contributed by atoms with E-state index in [1.165, 1.54) is 43.5 Å². The van der Waals surface area contributed by atoms with Gasteiger partial charge in [0.05, 0.1) is 11.5 Å². The van der Waals surface area contributed by atoms with Gasteiger partial charge < -0.3 is 9.47 Å². The van der Waals surface area contributed by atoms with Gasteiger partial charge in [-0.3, -0.25) is 15.4 Å². The zero-order chi connectivity index (χ0) is 22.6. The molecule has 3 aromatic rings. The molecule has 1 aliphatic carbocycles. The number of non-ortho nitro benzene ring substituents is 1. The monoisotopic (exact) mass is 434 g/mol. The number of carbonyl (C=O) groups is 1. The van der Waals surface area contributed by atoms with E-state index in [0.29, 0.717) is 18.3 Å². The summed E-state index contributed by atoms with van der Waals surface area (Å²) in [4.78, 5) is 30.8. The molecule has 1 fully saturated rings. The molecule has 4 rings (SSSR count). The van der Waals surface area contributed by atoms with Crippen LogP contribution in [0.2, 0.25) is 0 Å². The zero-order valence-corrected chi connectivity index (χ0v) is 17.5. The largest absolute Gasteiger partial charge is 0.463 e. The van der Waals surface area contributed by atoms with Crippen LogP contribution in [-0.2, 0) is 0 Å². The maximum absolute atomic E-state index is 12.0. The SMILES string of the molecule is CC1(COc2ncc(-c3ccc(NC(=O)Oc4ccc([N+](=O)[O-])cc4)cc3)cn2)CCC1. The van der Waals surface area contributed by atoms with Gasteiger partial charge in [-0.2, -0.15) is 0 Å². The lowest BCUT2D eigenvalue weighted by Crippen LogP contribution is -2.32. The molecule has 1 aromatic heterocycles. The Labute approximate surface area is 184 Å². The molecule has 0 atom stereocenters. The molecule has 1 aliphatic rings. The molecule has 1 N–H and O–H groups in total. The number of rotatable bonds is 7. The smallest absolute Gasteiger partial charge is 0.417 e. The molecular weight excluding hydrogens is 412 g/mol. The number of nitro groups is 1. The van der Waals surface area contributed by atoms with Gasteiger partial charge in [0.1, 0.15) is 5.75 Å². The molecule has 0 bridgehead atoms. The van der Waals surface area contributed by atoms with E-state index in [1.807, 2.05) is 12.1 Å². The predicted octanol–water partition coefficient (Wildman–Crippen LogP) is 5.23. The number of ether oxygens (including phenoxy) is 2. The summed E-state index contributed by atoms with van der Waals surface area (Å²) < 4.78 is 10.9. The van der Waals surface area contributed by atoms with Crippen LogP contribution in [0.4, 0.5) is 16.2 Å².